The summed E-state index contributed by atoms with van der Waals surface area (Å²) in [7, 11) is 2.21. The van der Waals surface area contributed by atoms with E-state index >= 15 is 0 Å². The van der Waals surface area contributed by atoms with Crippen LogP contribution in [0.1, 0.15) is 38.8 Å². The van der Waals surface area contributed by atoms with Gasteiger partial charge in [-0.1, -0.05) is 24.3 Å². The van der Waals surface area contributed by atoms with E-state index in [1.807, 2.05) is 0 Å². The van der Waals surface area contributed by atoms with Crippen molar-refractivity contribution in [1.29, 1.82) is 0 Å². The lowest BCUT2D eigenvalue weighted by Crippen LogP contribution is -2.49. The first-order valence-corrected chi connectivity index (χ1v) is 8.09. The molecule has 2 rings (SSSR count). The Balaban J connectivity index is 1.94. The monoisotopic (exact) mass is 289 g/mol. The highest BCUT2D eigenvalue weighted by Gasteiger charge is 2.21. The standard InChI is InChI=1S/C18H31N3/c1-15-13-20(5)9-10-21(15)14-17-8-6-7-16(11-17)12-19-18(2,3)4/h6-8,11,15,19H,9-10,12-14H2,1-5H3. The highest BCUT2D eigenvalue weighted by molar-refractivity contribution is 5.23. The third-order valence-corrected chi connectivity index (χ3v) is 4.17. The Bertz CT molecular complexity index is 450. The Morgan fingerprint density at radius 1 is 1.19 bits per heavy atom. The van der Waals surface area contributed by atoms with Gasteiger partial charge in [0.25, 0.3) is 0 Å². The fourth-order valence-corrected chi connectivity index (χ4v) is 2.85. The second kappa shape index (κ2) is 6.91. The van der Waals surface area contributed by atoms with Crippen LogP contribution < -0.4 is 5.32 Å². The minimum atomic E-state index is 0.169. The second-order valence-corrected chi connectivity index (χ2v) is 7.51. The Labute approximate surface area is 130 Å². The van der Waals surface area contributed by atoms with Crippen molar-refractivity contribution >= 4 is 0 Å². The lowest BCUT2D eigenvalue weighted by molar-refractivity contribution is 0.0938. The summed E-state index contributed by atoms with van der Waals surface area (Å²) >= 11 is 0. The summed E-state index contributed by atoms with van der Waals surface area (Å²) in [6, 6.07) is 9.65. The number of rotatable bonds is 4. The van der Waals surface area contributed by atoms with Gasteiger partial charge in [-0.2, -0.15) is 0 Å². The van der Waals surface area contributed by atoms with Crippen molar-refractivity contribution in [3.05, 3.63) is 35.4 Å². The summed E-state index contributed by atoms with van der Waals surface area (Å²) in [6.45, 7) is 14.5. The minimum absolute atomic E-state index is 0.169. The van der Waals surface area contributed by atoms with E-state index in [4.69, 9.17) is 0 Å². The second-order valence-electron chi connectivity index (χ2n) is 7.51. The molecule has 3 heteroatoms. The maximum absolute atomic E-state index is 3.56. The Morgan fingerprint density at radius 2 is 1.90 bits per heavy atom. The van der Waals surface area contributed by atoms with Crippen molar-refractivity contribution in [2.45, 2.75) is 52.4 Å². The molecule has 0 aromatic heterocycles. The fourth-order valence-electron chi connectivity index (χ4n) is 2.85. The number of hydrogen-bond donors (Lipinski definition) is 1. The molecule has 1 aliphatic heterocycles. The summed E-state index contributed by atoms with van der Waals surface area (Å²) in [5.74, 6) is 0. The van der Waals surface area contributed by atoms with E-state index in [-0.39, 0.29) is 5.54 Å². The van der Waals surface area contributed by atoms with Crippen LogP contribution in [0.4, 0.5) is 0 Å². The van der Waals surface area contributed by atoms with Crippen molar-refractivity contribution in [2.24, 2.45) is 0 Å². The molecule has 1 saturated heterocycles. The van der Waals surface area contributed by atoms with Gasteiger partial charge < -0.3 is 10.2 Å². The SMILES string of the molecule is CC1CN(C)CCN1Cc1cccc(CNC(C)(C)C)c1. The molecule has 0 bridgehead atoms. The van der Waals surface area contributed by atoms with Gasteiger partial charge in [-0.3, -0.25) is 4.90 Å². The molecular formula is C18H31N3. The lowest BCUT2D eigenvalue weighted by Gasteiger charge is -2.38. The Kier molecular flexibility index (Phi) is 5.42. The lowest BCUT2D eigenvalue weighted by atomic mass is 10.1. The summed E-state index contributed by atoms with van der Waals surface area (Å²) < 4.78 is 0. The smallest absolute Gasteiger partial charge is 0.0237 e. The molecule has 1 fully saturated rings. The first-order chi connectivity index (χ1) is 9.83. The number of nitrogens with zero attached hydrogens (tertiary/aromatic N) is 2. The molecule has 3 nitrogen and oxygen atoms in total. The normalized spacial score (nSPS) is 21.7. The topological polar surface area (TPSA) is 18.5 Å². The van der Waals surface area contributed by atoms with Gasteiger partial charge in [-0.25, -0.2) is 0 Å². The van der Waals surface area contributed by atoms with Gasteiger partial charge in [0.05, 0.1) is 0 Å². The quantitative estimate of drug-likeness (QED) is 0.919. The van der Waals surface area contributed by atoms with Gasteiger partial charge in [0.1, 0.15) is 0 Å². The number of likely N-dealkylation sites (N-methyl/N-ethyl adjacent to an activating group) is 1. The number of piperazine rings is 1. The van der Waals surface area contributed by atoms with E-state index in [0.717, 1.165) is 13.1 Å². The van der Waals surface area contributed by atoms with Crippen LogP contribution in [0.2, 0.25) is 0 Å². The summed E-state index contributed by atoms with van der Waals surface area (Å²) in [6.07, 6.45) is 0. The molecule has 1 heterocycles. The molecule has 1 aromatic carbocycles. The van der Waals surface area contributed by atoms with Crippen molar-refractivity contribution < 1.29 is 0 Å². The van der Waals surface area contributed by atoms with E-state index in [2.05, 4.69) is 74.1 Å². The van der Waals surface area contributed by atoms with Crippen molar-refractivity contribution in [3.63, 3.8) is 0 Å². The van der Waals surface area contributed by atoms with Crippen molar-refractivity contribution in [3.8, 4) is 0 Å². The molecule has 0 saturated carbocycles. The van der Waals surface area contributed by atoms with Gasteiger partial charge in [-0.05, 0) is 45.9 Å². The maximum Gasteiger partial charge on any atom is 0.0237 e. The van der Waals surface area contributed by atoms with E-state index in [1.165, 1.54) is 30.8 Å². The van der Waals surface area contributed by atoms with Gasteiger partial charge >= 0.3 is 0 Å². The van der Waals surface area contributed by atoms with E-state index < -0.39 is 0 Å². The molecule has 1 aromatic rings. The molecule has 0 radical (unpaired) electrons. The molecular weight excluding hydrogens is 258 g/mol. The van der Waals surface area contributed by atoms with Crippen LogP contribution in [0.3, 0.4) is 0 Å². The van der Waals surface area contributed by atoms with Crippen LogP contribution in [0.25, 0.3) is 0 Å². The molecule has 0 amide bonds. The summed E-state index contributed by atoms with van der Waals surface area (Å²) in [4.78, 5) is 5.02. The zero-order valence-electron chi connectivity index (χ0n) is 14.3. The van der Waals surface area contributed by atoms with Crippen molar-refractivity contribution in [2.75, 3.05) is 26.7 Å². The highest BCUT2D eigenvalue weighted by atomic mass is 15.3. The van der Waals surface area contributed by atoms with E-state index in [0.29, 0.717) is 6.04 Å². The third-order valence-electron chi connectivity index (χ3n) is 4.17. The molecule has 0 spiro atoms. The first-order valence-electron chi connectivity index (χ1n) is 8.09. The molecule has 1 N–H and O–H groups in total. The molecule has 1 atom stereocenters. The predicted octanol–water partition coefficient (Wildman–Crippen LogP) is 2.71. The average Bonchev–Trinajstić information content (AvgIpc) is 2.39. The van der Waals surface area contributed by atoms with Crippen LogP contribution >= 0.6 is 0 Å². The van der Waals surface area contributed by atoms with Crippen LogP contribution in [0.15, 0.2) is 24.3 Å². The van der Waals surface area contributed by atoms with Crippen LogP contribution in [-0.4, -0.2) is 48.1 Å². The summed E-state index contributed by atoms with van der Waals surface area (Å²) in [5.41, 5.74) is 2.98. The van der Waals surface area contributed by atoms with Crippen LogP contribution in [0, 0.1) is 0 Å². The third kappa shape index (κ3) is 5.42. The molecule has 21 heavy (non-hydrogen) atoms. The average molecular weight is 289 g/mol. The first kappa shape index (κ1) is 16.5. The molecule has 0 aliphatic carbocycles. The zero-order valence-corrected chi connectivity index (χ0v) is 14.3. The fraction of sp³-hybridized carbons (Fsp3) is 0.667. The number of hydrogen-bond acceptors (Lipinski definition) is 3. The van der Waals surface area contributed by atoms with Gasteiger partial charge in [0, 0.05) is 44.3 Å². The minimum Gasteiger partial charge on any atom is -0.308 e. The van der Waals surface area contributed by atoms with Crippen LogP contribution in [-0.2, 0) is 13.1 Å². The summed E-state index contributed by atoms with van der Waals surface area (Å²) in [5, 5.41) is 3.56. The molecule has 118 valence electrons. The predicted molar refractivity (Wildman–Crippen MR) is 90.4 cm³/mol. The zero-order chi connectivity index (χ0) is 15.5. The van der Waals surface area contributed by atoms with E-state index in [1.54, 1.807) is 0 Å². The van der Waals surface area contributed by atoms with Crippen molar-refractivity contribution in [1.82, 2.24) is 15.1 Å². The van der Waals surface area contributed by atoms with Gasteiger partial charge in [0.2, 0.25) is 0 Å². The number of nitrogens with one attached hydrogen (secondary N) is 1. The van der Waals surface area contributed by atoms with E-state index in [9.17, 15) is 0 Å². The highest BCUT2D eigenvalue weighted by Crippen LogP contribution is 2.14. The van der Waals surface area contributed by atoms with Gasteiger partial charge in [-0.15, -0.1) is 0 Å². The largest absolute Gasteiger partial charge is 0.308 e. The Hall–Kier alpha value is -0.900. The maximum atomic E-state index is 3.56. The van der Waals surface area contributed by atoms with Crippen LogP contribution in [0.5, 0.6) is 0 Å². The molecule has 1 unspecified atom stereocenters. The molecule has 1 aliphatic rings. The Morgan fingerprint density at radius 3 is 2.57 bits per heavy atom. The van der Waals surface area contributed by atoms with Gasteiger partial charge in [0.15, 0.2) is 0 Å². The number of benzene rings is 1.